The van der Waals surface area contributed by atoms with Crippen molar-refractivity contribution in [1.29, 1.82) is 0 Å². The zero-order valence-electron chi connectivity index (χ0n) is 11.6. The monoisotopic (exact) mass is 254 g/mol. The van der Waals surface area contributed by atoms with Crippen LogP contribution in [0.15, 0.2) is 24.8 Å². The molecular formula is C13H24N3O2+. The van der Waals surface area contributed by atoms with Crippen molar-refractivity contribution in [2.45, 2.75) is 13.3 Å². The number of nitrogens with zero attached hydrogens (tertiary/aromatic N) is 1. The molecule has 0 atom stereocenters. The molecule has 18 heavy (non-hydrogen) atoms. The molecule has 0 heterocycles. The fourth-order valence-corrected chi connectivity index (χ4v) is 1.30. The Morgan fingerprint density at radius 1 is 1.28 bits per heavy atom. The van der Waals surface area contributed by atoms with Gasteiger partial charge in [0.1, 0.15) is 0 Å². The number of carbonyl (C=O) groups excluding carboxylic acids is 2. The average Bonchev–Trinajstić information content (AvgIpc) is 2.31. The van der Waals surface area contributed by atoms with Crippen molar-refractivity contribution in [3.05, 3.63) is 24.8 Å². The summed E-state index contributed by atoms with van der Waals surface area (Å²) in [6.45, 7) is 10.7. The maximum Gasteiger partial charge on any atom is 0.247 e. The van der Waals surface area contributed by atoms with E-state index in [1.165, 1.54) is 6.08 Å². The average molecular weight is 254 g/mol. The first-order valence-electron chi connectivity index (χ1n) is 5.94. The van der Waals surface area contributed by atoms with Crippen molar-refractivity contribution in [3.8, 4) is 0 Å². The Morgan fingerprint density at radius 2 is 1.89 bits per heavy atom. The molecule has 5 heteroatoms. The maximum atomic E-state index is 11.2. The molecule has 0 aromatic rings. The number of hydrogen-bond acceptors (Lipinski definition) is 2. The highest BCUT2D eigenvalue weighted by atomic mass is 16.2. The van der Waals surface area contributed by atoms with E-state index >= 15 is 0 Å². The van der Waals surface area contributed by atoms with Gasteiger partial charge in [-0.25, -0.2) is 0 Å². The van der Waals surface area contributed by atoms with E-state index in [4.69, 9.17) is 0 Å². The van der Waals surface area contributed by atoms with E-state index in [9.17, 15) is 9.59 Å². The van der Waals surface area contributed by atoms with E-state index in [0.717, 1.165) is 13.0 Å². The summed E-state index contributed by atoms with van der Waals surface area (Å²) < 4.78 is 0.655. The van der Waals surface area contributed by atoms with E-state index in [1.54, 1.807) is 6.92 Å². The SMILES string of the molecule is C=CC(=O)NC[N+](C)(C)CCCNC(=O)C(=C)C. The van der Waals surface area contributed by atoms with E-state index in [-0.39, 0.29) is 11.8 Å². The molecule has 0 rings (SSSR count). The second-order valence-corrected chi connectivity index (χ2v) is 4.95. The van der Waals surface area contributed by atoms with Crippen LogP contribution < -0.4 is 10.6 Å². The van der Waals surface area contributed by atoms with Crippen molar-refractivity contribution < 1.29 is 14.1 Å². The Labute approximate surface area is 109 Å². The Morgan fingerprint density at radius 3 is 2.39 bits per heavy atom. The summed E-state index contributed by atoms with van der Waals surface area (Å²) in [6.07, 6.45) is 2.10. The smallest absolute Gasteiger partial charge is 0.247 e. The standard InChI is InChI=1S/C13H23N3O2/c1-6-12(17)15-10-16(4,5)9-7-8-14-13(18)11(2)3/h6H,1-2,7-10H2,3-5H3,(H-,14,15,17,18)/p+1. The van der Waals surface area contributed by atoms with Gasteiger partial charge in [0.15, 0.2) is 6.67 Å². The van der Waals surface area contributed by atoms with Crippen LogP contribution in [0.1, 0.15) is 13.3 Å². The quantitative estimate of drug-likeness (QED) is 0.285. The molecule has 0 unspecified atom stereocenters. The zero-order valence-corrected chi connectivity index (χ0v) is 11.6. The lowest BCUT2D eigenvalue weighted by Gasteiger charge is -2.29. The molecule has 102 valence electrons. The van der Waals surface area contributed by atoms with Gasteiger partial charge in [-0.1, -0.05) is 13.2 Å². The predicted octanol–water partition coefficient (Wildman–Crippen LogP) is 0.405. The molecule has 0 aromatic heterocycles. The maximum absolute atomic E-state index is 11.2. The summed E-state index contributed by atoms with van der Waals surface area (Å²) >= 11 is 0. The van der Waals surface area contributed by atoms with Gasteiger partial charge in [-0.2, -0.15) is 0 Å². The summed E-state index contributed by atoms with van der Waals surface area (Å²) in [6, 6.07) is 0. The fourth-order valence-electron chi connectivity index (χ4n) is 1.30. The van der Waals surface area contributed by atoms with Crippen LogP contribution in [-0.2, 0) is 9.59 Å². The molecule has 0 bridgehead atoms. The number of amides is 2. The predicted molar refractivity (Wildman–Crippen MR) is 72.6 cm³/mol. The lowest BCUT2D eigenvalue weighted by molar-refractivity contribution is -0.892. The summed E-state index contributed by atoms with van der Waals surface area (Å²) in [7, 11) is 4.04. The Bertz CT molecular complexity index is 335. The molecule has 0 saturated carbocycles. The minimum atomic E-state index is -0.170. The topological polar surface area (TPSA) is 58.2 Å². The lowest BCUT2D eigenvalue weighted by Crippen LogP contribution is -2.49. The van der Waals surface area contributed by atoms with E-state index in [2.05, 4.69) is 23.8 Å². The second-order valence-electron chi connectivity index (χ2n) is 4.95. The lowest BCUT2D eigenvalue weighted by atomic mass is 10.3. The third-order valence-corrected chi connectivity index (χ3v) is 2.48. The highest BCUT2D eigenvalue weighted by Gasteiger charge is 2.14. The Balaban J connectivity index is 3.83. The molecule has 0 fully saturated rings. The first kappa shape index (κ1) is 16.4. The van der Waals surface area contributed by atoms with Gasteiger partial charge in [-0.15, -0.1) is 0 Å². The van der Waals surface area contributed by atoms with Crippen LogP contribution in [0.5, 0.6) is 0 Å². The molecule has 5 nitrogen and oxygen atoms in total. The van der Waals surface area contributed by atoms with E-state index < -0.39 is 0 Å². The van der Waals surface area contributed by atoms with Gasteiger partial charge in [0.05, 0.1) is 20.6 Å². The Kier molecular flexibility index (Phi) is 6.97. The van der Waals surface area contributed by atoms with E-state index in [1.807, 2.05) is 14.1 Å². The van der Waals surface area contributed by atoms with Crippen molar-refractivity contribution >= 4 is 11.8 Å². The number of carbonyl (C=O) groups is 2. The van der Waals surface area contributed by atoms with Gasteiger partial charge < -0.3 is 15.1 Å². The van der Waals surface area contributed by atoms with Crippen LogP contribution >= 0.6 is 0 Å². The molecule has 0 spiro atoms. The molecule has 0 radical (unpaired) electrons. The Hall–Kier alpha value is -1.62. The van der Waals surface area contributed by atoms with Crippen LogP contribution in [-0.4, -0.2) is 50.2 Å². The molecule has 0 aliphatic heterocycles. The molecule has 0 aromatic carbocycles. The largest absolute Gasteiger partial charge is 0.352 e. The minimum absolute atomic E-state index is 0.111. The molecule has 2 N–H and O–H groups in total. The molecule has 0 saturated heterocycles. The van der Waals surface area contributed by atoms with Crippen LogP contribution in [0.3, 0.4) is 0 Å². The first-order valence-corrected chi connectivity index (χ1v) is 5.94. The number of hydrogen-bond donors (Lipinski definition) is 2. The van der Waals surface area contributed by atoms with Crippen LogP contribution in [0.4, 0.5) is 0 Å². The molecule has 0 aliphatic rings. The van der Waals surface area contributed by atoms with Gasteiger partial charge in [-0.05, 0) is 13.0 Å². The number of quaternary nitrogens is 1. The van der Waals surface area contributed by atoms with Gasteiger partial charge in [0.2, 0.25) is 11.8 Å². The third-order valence-electron chi connectivity index (χ3n) is 2.48. The van der Waals surface area contributed by atoms with Gasteiger partial charge in [0, 0.05) is 18.5 Å². The number of rotatable bonds is 8. The fraction of sp³-hybridized carbons (Fsp3) is 0.538. The van der Waals surface area contributed by atoms with Crippen molar-refractivity contribution in [1.82, 2.24) is 10.6 Å². The van der Waals surface area contributed by atoms with Crippen LogP contribution in [0.25, 0.3) is 0 Å². The number of nitrogens with one attached hydrogen (secondary N) is 2. The zero-order chi connectivity index (χ0) is 14.2. The summed E-state index contributed by atoms with van der Waals surface area (Å²) in [5.74, 6) is -0.281. The minimum Gasteiger partial charge on any atom is -0.352 e. The third kappa shape index (κ3) is 7.62. The molecular weight excluding hydrogens is 230 g/mol. The van der Waals surface area contributed by atoms with Crippen molar-refractivity contribution in [2.75, 3.05) is 33.9 Å². The molecule has 2 amide bonds. The van der Waals surface area contributed by atoms with Gasteiger partial charge in [-0.3, -0.25) is 9.59 Å². The summed E-state index contributed by atoms with van der Waals surface area (Å²) in [4.78, 5) is 22.3. The highest BCUT2D eigenvalue weighted by Crippen LogP contribution is 1.97. The van der Waals surface area contributed by atoms with Gasteiger partial charge >= 0.3 is 0 Å². The van der Waals surface area contributed by atoms with Crippen molar-refractivity contribution in [3.63, 3.8) is 0 Å². The van der Waals surface area contributed by atoms with Crippen molar-refractivity contribution in [2.24, 2.45) is 0 Å². The normalized spacial score (nSPS) is 10.6. The van der Waals surface area contributed by atoms with Crippen LogP contribution in [0.2, 0.25) is 0 Å². The summed E-state index contributed by atoms with van der Waals surface area (Å²) in [5.41, 5.74) is 0.516. The van der Waals surface area contributed by atoms with E-state index in [0.29, 0.717) is 23.3 Å². The highest BCUT2D eigenvalue weighted by molar-refractivity contribution is 5.92. The summed E-state index contributed by atoms with van der Waals surface area (Å²) in [5, 5.41) is 5.53. The molecule has 0 aliphatic carbocycles. The first-order chi connectivity index (χ1) is 8.28. The second kappa shape index (κ2) is 7.66. The van der Waals surface area contributed by atoms with Gasteiger partial charge in [0.25, 0.3) is 0 Å². The van der Waals surface area contributed by atoms with Crippen LogP contribution in [0, 0.1) is 0 Å².